The van der Waals surface area contributed by atoms with Crippen LogP contribution in [0.5, 0.6) is 0 Å². The number of hydrogen-bond acceptors (Lipinski definition) is 1. The molecule has 0 amide bonds. The zero-order valence-corrected chi connectivity index (χ0v) is 10.3. The number of aryl methyl sites for hydroxylation is 1. The lowest BCUT2D eigenvalue weighted by Gasteiger charge is -2.17. The highest BCUT2D eigenvalue weighted by Gasteiger charge is 2.13. The monoisotopic (exact) mass is 233 g/mol. The molecule has 80 valence electrons. The second kappa shape index (κ2) is 5.59. The third-order valence-electron chi connectivity index (χ3n) is 2.23. The van der Waals surface area contributed by atoms with Crippen molar-refractivity contribution in [1.82, 2.24) is 0 Å². The van der Waals surface area contributed by atoms with Gasteiger partial charge in [-0.25, -0.2) is 0 Å². The second-order valence-electron chi connectivity index (χ2n) is 3.79. The van der Waals surface area contributed by atoms with E-state index >= 15 is 0 Å². The molecule has 0 aliphatic rings. The fourth-order valence-corrected chi connectivity index (χ4v) is 1.62. The molecule has 1 aromatic carbocycles. The minimum absolute atomic E-state index is 0. The number of nitrogens with two attached hydrogens (primary N) is 1. The molecule has 3 heteroatoms. The van der Waals surface area contributed by atoms with E-state index in [-0.39, 0.29) is 18.4 Å². The molecule has 0 spiro atoms. The highest BCUT2D eigenvalue weighted by atomic mass is 35.5. The number of benzene rings is 1. The average Bonchev–Trinajstić information content (AvgIpc) is 2.03. The summed E-state index contributed by atoms with van der Waals surface area (Å²) in [4.78, 5) is 0. The SMILES string of the molecule is Cc1ccc(C(N)C(C)C)c(Cl)c1.Cl. The van der Waals surface area contributed by atoms with Crippen molar-refractivity contribution in [2.75, 3.05) is 0 Å². The van der Waals surface area contributed by atoms with Gasteiger partial charge < -0.3 is 5.73 Å². The van der Waals surface area contributed by atoms with Gasteiger partial charge in [0.15, 0.2) is 0 Å². The van der Waals surface area contributed by atoms with Gasteiger partial charge in [0.25, 0.3) is 0 Å². The molecule has 1 atom stereocenters. The number of rotatable bonds is 2. The molecule has 0 aliphatic heterocycles. The van der Waals surface area contributed by atoms with E-state index in [0.717, 1.165) is 10.6 Å². The Bertz CT molecular complexity index is 297. The molecule has 1 nitrogen and oxygen atoms in total. The molecule has 1 aromatic rings. The van der Waals surface area contributed by atoms with E-state index in [1.54, 1.807) is 0 Å². The Balaban J connectivity index is 0.00000169. The Morgan fingerprint density at radius 1 is 1.29 bits per heavy atom. The quantitative estimate of drug-likeness (QED) is 0.829. The summed E-state index contributed by atoms with van der Waals surface area (Å²) in [5.41, 5.74) is 8.22. The predicted octanol–water partition coefficient (Wildman–Crippen LogP) is 3.73. The first kappa shape index (κ1) is 13.8. The number of hydrogen-bond donors (Lipinski definition) is 1. The lowest BCUT2D eigenvalue weighted by molar-refractivity contribution is 0.514. The van der Waals surface area contributed by atoms with Gasteiger partial charge in [-0.05, 0) is 30.0 Å². The van der Waals surface area contributed by atoms with E-state index in [1.807, 2.05) is 25.1 Å². The molecule has 2 N–H and O–H groups in total. The Morgan fingerprint density at radius 3 is 2.29 bits per heavy atom. The van der Waals surface area contributed by atoms with Gasteiger partial charge in [-0.15, -0.1) is 12.4 Å². The van der Waals surface area contributed by atoms with Crippen LogP contribution >= 0.6 is 24.0 Å². The van der Waals surface area contributed by atoms with Gasteiger partial charge in [-0.1, -0.05) is 37.6 Å². The van der Waals surface area contributed by atoms with E-state index in [1.165, 1.54) is 5.56 Å². The van der Waals surface area contributed by atoms with E-state index in [9.17, 15) is 0 Å². The average molecular weight is 234 g/mol. The highest BCUT2D eigenvalue weighted by molar-refractivity contribution is 6.31. The van der Waals surface area contributed by atoms with Crippen LogP contribution in [0.15, 0.2) is 18.2 Å². The van der Waals surface area contributed by atoms with Crippen molar-refractivity contribution in [2.24, 2.45) is 11.7 Å². The fraction of sp³-hybridized carbons (Fsp3) is 0.455. The smallest absolute Gasteiger partial charge is 0.0456 e. The van der Waals surface area contributed by atoms with Crippen LogP contribution in [-0.2, 0) is 0 Å². The first-order valence-corrected chi connectivity index (χ1v) is 4.92. The van der Waals surface area contributed by atoms with Gasteiger partial charge in [0, 0.05) is 11.1 Å². The van der Waals surface area contributed by atoms with Crippen LogP contribution in [0.2, 0.25) is 5.02 Å². The molecule has 0 bridgehead atoms. The Morgan fingerprint density at radius 2 is 1.86 bits per heavy atom. The number of halogens is 2. The van der Waals surface area contributed by atoms with E-state index in [2.05, 4.69) is 13.8 Å². The van der Waals surface area contributed by atoms with Crippen LogP contribution < -0.4 is 5.73 Å². The van der Waals surface area contributed by atoms with Crippen LogP contribution in [0, 0.1) is 12.8 Å². The molecule has 0 saturated heterocycles. The molecule has 0 radical (unpaired) electrons. The molecule has 1 rings (SSSR count). The summed E-state index contributed by atoms with van der Waals surface area (Å²) in [6, 6.07) is 6.05. The van der Waals surface area contributed by atoms with Crippen LogP contribution in [0.25, 0.3) is 0 Å². The highest BCUT2D eigenvalue weighted by Crippen LogP contribution is 2.26. The third-order valence-corrected chi connectivity index (χ3v) is 2.56. The van der Waals surface area contributed by atoms with Crippen LogP contribution in [0.1, 0.15) is 31.0 Å². The van der Waals surface area contributed by atoms with Crippen molar-refractivity contribution < 1.29 is 0 Å². The Hall–Kier alpha value is -0.240. The van der Waals surface area contributed by atoms with Crippen molar-refractivity contribution in [3.8, 4) is 0 Å². The second-order valence-corrected chi connectivity index (χ2v) is 4.20. The third kappa shape index (κ3) is 3.16. The van der Waals surface area contributed by atoms with Crippen molar-refractivity contribution in [3.05, 3.63) is 34.3 Å². The predicted molar refractivity (Wildman–Crippen MR) is 65.2 cm³/mol. The molecule has 0 aromatic heterocycles. The van der Waals surface area contributed by atoms with Crippen molar-refractivity contribution in [2.45, 2.75) is 26.8 Å². The Kier molecular flexibility index (Phi) is 5.50. The first-order valence-electron chi connectivity index (χ1n) is 4.54. The van der Waals surface area contributed by atoms with Gasteiger partial charge in [-0.2, -0.15) is 0 Å². The molecule has 0 aliphatic carbocycles. The largest absolute Gasteiger partial charge is 0.324 e. The summed E-state index contributed by atoms with van der Waals surface area (Å²) < 4.78 is 0. The van der Waals surface area contributed by atoms with Gasteiger partial charge in [0.05, 0.1) is 0 Å². The van der Waals surface area contributed by atoms with E-state index in [4.69, 9.17) is 17.3 Å². The molecular formula is C11H17Cl2N. The topological polar surface area (TPSA) is 26.0 Å². The maximum absolute atomic E-state index is 6.09. The summed E-state index contributed by atoms with van der Waals surface area (Å²) in [6.07, 6.45) is 0. The van der Waals surface area contributed by atoms with Crippen LogP contribution in [0.3, 0.4) is 0 Å². The molecule has 0 saturated carbocycles. The molecular weight excluding hydrogens is 217 g/mol. The summed E-state index contributed by atoms with van der Waals surface area (Å²) >= 11 is 6.09. The van der Waals surface area contributed by atoms with Gasteiger partial charge in [0.2, 0.25) is 0 Å². The molecule has 0 heterocycles. The maximum atomic E-state index is 6.09. The van der Waals surface area contributed by atoms with Gasteiger partial charge in [-0.3, -0.25) is 0 Å². The maximum Gasteiger partial charge on any atom is 0.0456 e. The minimum atomic E-state index is 0. The van der Waals surface area contributed by atoms with Crippen LogP contribution in [-0.4, -0.2) is 0 Å². The van der Waals surface area contributed by atoms with Crippen molar-refractivity contribution in [3.63, 3.8) is 0 Å². The molecule has 1 unspecified atom stereocenters. The summed E-state index contributed by atoms with van der Waals surface area (Å²) in [7, 11) is 0. The zero-order valence-electron chi connectivity index (χ0n) is 8.75. The normalized spacial score (nSPS) is 12.4. The van der Waals surface area contributed by atoms with Crippen molar-refractivity contribution in [1.29, 1.82) is 0 Å². The summed E-state index contributed by atoms with van der Waals surface area (Å²) in [5.74, 6) is 0.417. The molecule has 14 heavy (non-hydrogen) atoms. The standard InChI is InChI=1S/C11H16ClN.ClH/c1-7(2)11(13)9-5-4-8(3)6-10(9)12;/h4-7,11H,13H2,1-3H3;1H. The zero-order chi connectivity index (χ0) is 10.0. The lowest BCUT2D eigenvalue weighted by Crippen LogP contribution is -2.17. The Labute approximate surface area is 97.1 Å². The van der Waals surface area contributed by atoms with Crippen molar-refractivity contribution >= 4 is 24.0 Å². The fourth-order valence-electron chi connectivity index (χ4n) is 1.26. The first-order chi connectivity index (χ1) is 6.02. The summed E-state index contributed by atoms with van der Waals surface area (Å²) in [5, 5.41) is 0.779. The van der Waals surface area contributed by atoms with E-state index < -0.39 is 0 Å². The van der Waals surface area contributed by atoms with Crippen LogP contribution in [0.4, 0.5) is 0 Å². The lowest BCUT2D eigenvalue weighted by atomic mass is 9.96. The van der Waals surface area contributed by atoms with E-state index in [0.29, 0.717) is 5.92 Å². The van der Waals surface area contributed by atoms with Gasteiger partial charge in [0.1, 0.15) is 0 Å². The summed E-state index contributed by atoms with van der Waals surface area (Å²) in [6.45, 7) is 6.22. The minimum Gasteiger partial charge on any atom is -0.324 e. The van der Waals surface area contributed by atoms with Gasteiger partial charge >= 0.3 is 0 Å². The molecule has 0 fully saturated rings.